The zero-order valence-corrected chi connectivity index (χ0v) is 24.0. The second kappa shape index (κ2) is 12.5. The van der Waals surface area contributed by atoms with Crippen molar-refractivity contribution in [3.63, 3.8) is 0 Å². The van der Waals surface area contributed by atoms with Gasteiger partial charge in [-0.1, -0.05) is 53.2 Å². The lowest BCUT2D eigenvalue weighted by atomic mass is 10.0. The van der Waals surface area contributed by atoms with E-state index in [4.69, 9.17) is 28.2 Å². The molecule has 2 aromatic heterocycles. The molecule has 1 aliphatic rings. The number of anilines is 2. The number of thiazole rings is 1. The number of halogens is 2. The van der Waals surface area contributed by atoms with Gasteiger partial charge in [-0.2, -0.15) is 5.10 Å². The molecule has 2 aromatic carbocycles. The van der Waals surface area contributed by atoms with Crippen LogP contribution in [0.4, 0.5) is 11.5 Å². The molecule has 0 unspecified atom stereocenters. The highest BCUT2D eigenvalue weighted by Crippen LogP contribution is 2.31. The molecule has 1 fully saturated rings. The van der Waals surface area contributed by atoms with Gasteiger partial charge in [0.25, 0.3) is 0 Å². The van der Waals surface area contributed by atoms with E-state index in [-0.39, 0.29) is 11.9 Å². The minimum absolute atomic E-state index is 0.0536. The average Bonchev–Trinajstić information content (AvgIpc) is 3.63. The Bertz CT molecular complexity index is 1370. The first-order chi connectivity index (χ1) is 18.4. The molecule has 11 heteroatoms. The van der Waals surface area contributed by atoms with Crippen LogP contribution in [-0.4, -0.2) is 57.9 Å². The minimum Gasteiger partial charge on any atom is -0.353 e. The van der Waals surface area contributed by atoms with Gasteiger partial charge in [0.15, 0.2) is 4.34 Å². The van der Waals surface area contributed by atoms with Gasteiger partial charge < -0.3 is 10.2 Å². The van der Waals surface area contributed by atoms with E-state index in [2.05, 4.69) is 38.6 Å². The second-order valence-electron chi connectivity index (χ2n) is 9.20. The zero-order chi connectivity index (χ0) is 26.5. The number of rotatable bonds is 9. The number of amides is 1. The van der Waals surface area contributed by atoms with Gasteiger partial charge in [-0.05, 0) is 42.7 Å². The highest BCUT2D eigenvalue weighted by molar-refractivity contribution is 8.01. The van der Waals surface area contributed by atoms with E-state index in [1.807, 2.05) is 47.7 Å². The lowest BCUT2D eigenvalue weighted by Crippen LogP contribution is -2.44. The second-order valence-corrected chi connectivity index (χ2v) is 12.1. The summed E-state index contributed by atoms with van der Waals surface area (Å²) >= 11 is 15.2. The first-order valence-corrected chi connectivity index (χ1v) is 14.9. The summed E-state index contributed by atoms with van der Waals surface area (Å²) in [4.78, 5) is 21.8. The maximum absolute atomic E-state index is 12.6. The number of aromatic nitrogens is 3. The number of hydrogen-bond acceptors (Lipinski definition) is 7. The van der Waals surface area contributed by atoms with Crippen molar-refractivity contribution in [1.29, 1.82) is 0 Å². The molecule has 0 bridgehead atoms. The molecule has 0 spiro atoms. The minimum atomic E-state index is 0.0536. The van der Waals surface area contributed by atoms with Gasteiger partial charge in [0.05, 0.1) is 27.7 Å². The molecule has 1 aliphatic heterocycles. The van der Waals surface area contributed by atoms with Crippen LogP contribution in [0.2, 0.25) is 10.0 Å². The number of aromatic amines is 1. The Morgan fingerprint density at radius 1 is 1.18 bits per heavy atom. The lowest BCUT2D eigenvalue weighted by molar-refractivity contribution is -0.119. The Hall–Kier alpha value is -2.56. The van der Waals surface area contributed by atoms with Crippen molar-refractivity contribution >= 4 is 63.7 Å². The van der Waals surface area contributed by atoms with E-state index in [1.165, 1.54) is 11.8 Å². The van der Waals surface area contributed by atoms with Crippen molar-refractivity contribution < 1.29 is 4.79 Å². The van der Waals surface area contributed by atoms with E-state index in [9.17, 15) is 4.79 Å². The van der Waals surface area contributed by atoms with Gasteiger partial charge in [-0.3, -0.25) is 14.8 Å². The van der Waals surface area contributed by atoms with Crippen LogP contribution in [0.5, 0.6) is 0 Å². The van der Waals surface area contributed by atoms with Crippen molar-refractivity contribution in [3.05, 3.63) is 75.7 Å². The lowest BCUT2D eigenvalue weighted by Gasteiger charge is -2.32. The SMILES string of the molecule is CN(c1cccc(-c2csc(SCC(=O)NC3CCN(Cc4ccc(Cl)c(Cl)c4)CC3)n2)c1)c1ccn[nH]1. The van der Waals surface area contributed by atoms with E-state index in [0.29, 0.717) is 15.8 Å². The summed E-state index contributed by atoms with van der Waals surface area (Å²) in [5, 5.41) is 13.4. The number of thioether (sulfide) groups is 1. The predicted molar refractivity (Wildman–Crippen MR) is 158 cm³/mol. The van der Waals surface area contributed by atoms with Crippen LogP contribution in [0.15, 0.2) is 64.4 Å². The van der Waals surface area contributed by atoms with Gasteiger partial charge in [0.2, 0.25) is 5.91 Å². The average molecular weight is 588 g/mol. The van der Waals surface area contributed by atoms with Crippen LogP contribution in [0.1, 0.15) is 18.4 Å². The molecule has 0 radical (unpaired) electrons. The maximum atomic E-state index is 12.6. The van der Waals surface area contributed by atoms with Crippen LogP contribution < -0.4 is 10.2 Å². The summed E-state index contributed by atoms with van der Waals surface area (Å²) in [6.45, 7) is 2.70. The third-order valence-corrected chi connectivity index (χ3v) is 9.29. The molecule has 7 nitrogen and oxygen atoms in total. The number of carbonyl (C=O) groups is 1. The predicted octanol–water partition coefficient (Wildman–Crippen LogP) is 6.48. The molecule has 38 heavy (non-hydrogen) atoms. The third-order valence-electron chi connectivity index (χ3n) is 6.53. The van der Waals surface area contributed by atoms with Crippen molar-refractivity contribution in [2.24, 2.45) is 0 Å². The standard InChI is InChI=1S/C27H28Cl2N6OS2/c1-34(25-7-10-30-33-25)21-4-2-3-19(14-21)24-16-37-27(32-24)38-17-26(36)31-20-8-11-35(12-9-20)15-18-5-6-22(28)23(29)13-18/h2-7,10,13-14,16,20H,8-9,11-12,15,17H2,1H3,(H,30,33)(H,31,36). The summed E-state index contributed by atoms with van der Waals surface area (Å²) < 4.78 is 0.888. The molecular formula is C27H28Cl2N6OS2. The molecule has 0 saturated carbocycles. The summed E-state index contributed by atoms with van der Waals surface area (Å²) in [6, 6.07) is 16.1. The molecule has 5 rings (SSSR count). The molecular weight excluding hydrogens is 559 g/mol. The Labute approximate surface area is 240 Å². The largest absolute Gasteiger partial charge is 0.353 e. The fraction of sp³-hybridized carbons (Fsp3) is 0.296. The molecule has 1 saturated heterocycles. The van der Waals surface area contributed by atoms with Crippen LogP contribution in [-0.2, 0) is 11.3 Å². The van der Waals surface area contributed by atoms with E-state index in [1.54, 1.807) is 17.5 Å². The number of carbonyl (C=O) groups excluding carboxylic acids is 1. The van der Waals surface area contributed by atoms with Gasteiger partial charge in [0.1, 0.15) is 5.82 Å². The summed E-state index contributed by atoms with van der Waals surface area (Å²) in [6.07, 6.45) is 3.60. The number of likely N-dealkylation sites (tertiary alicyclic amines) is 1. The van der Waals surface area contributed by atoms with E-state index < -0.39 is 0 Å². The van der Waals surface area contributed by atoms with Crippen LogP contribution >= 0.6 is 46.3 Å². The number of nitrogens with zero attached hydrogens (tertiary/aromatic N) is 4. The summed E-state index contributed by atoms with van der Waals surface area (Å²) in [5.74, 6) is 1.33. The molecule has 4 aromatic rings. The van der Waals surface area contributed by atoms with Crippen LogP contribution in [0.3, 0.4) is 0 Å². The Morgan fingerprint density at radius 2 is 2.03 bits per heavy atom. The van der Waals surface area contributed by atoms with Gasteiger partial charge in [0, 0.05) is 55.4 Å². The fourth-order valence-corrected chi connectivity index (χ4v) is 6.40. The molecule has 2 N–H and O–H groups in total. The van der Waals surface area contributed by atoms with Crippen molar-refractivity contribution in [1.82, 2.24) is 25.4 Å². The van der Waals surface area contributed by atoms with Gasteiger partial charge in [-0.15, -0.1) is 11.3 Å². The Balaban J connectivity index is 1.08. The van der Waals surface area contributed by atoms with Gasteiger partial charge in [-0.25, -0.2) is 4.98 Å². The topological polar surface area (TPSA) is 77.2 Å². The maximum Gasteiger partial charge on any atom is 0.230 e. The van der Waals surface area contributed by atoms with Crippen LogP contribution in [0.25, 0.3) is 11.3 Å². The van der Waals surface area contributed by atoms with E-state index >= 15 is 0 Å². The normalized spacial score (nSPS) is 14.5. The Kier molecular flexibility index (Phi) is 8.91. The molecule has 1 amide bonds. The van der Waals surface area contributed by atoms with Crippen molar-refractivity contribution in [3.8, 4) is 11.3 Å². The summed E-state index contributed by atoms with van der Waals surface area (Å²) in [5.41, 5.74) is 4.13. The number of H-pyrrole nitrogens is 1. The fourth-order valence-electron chi connectivity index (χ4n) is 4.43. The quantitative estimate of drug-likeness (QED) is 0.218. The third kappa shape index (κ3) is 6.90. The molecule has 0 aliphatic carbocycles. The first-order valence-electron chi connectivity index (χ1n) is 12.3. The number of piperidine rings is 1. The highest BCUT2D eigenvalue weighted by atomic mass is 35.5. The highest BCUT2D eigenvalue weighted by Gasteiger charge is 2.21. The zero-order valence-electron chi connectivity index (χ0n) is 20.9. The summed E-state index contributed by atoms with van der Waals surface area (Å²) in [7, 11) is 1.99. The first kappa shape index (κ1) is 27.0. The number of nitrogens with one attached hydrogen (secondary N) is 2. The van der Waals surface area contributed by atoms with Gasteiger partial charge >= 0.3 is 0 Å². The smallest absolute Gasteiger partial charge is 0.230 e. The molecule has 0 atom stereocenters. The number of benzene rings is 2. The van der Waals surface area contributed by atoms with Crippen molar-refractivity contribution in [2.45, 2.75) is 29.8 Å². The molecule has 198 valence electrons. The van der Waals surface area contributed by atoms with E-state index in [0.717, 1.165) is 65.1 Å². The monoisotopic (exact) mass is 586 g/mol. The van der Waals surface area contributed by atoms with Crippen molar-refractivity contribution in [2.75, 3.05) is 30.8 Å². The Morgan fingerprint density at radius 3 is 2.79 bits per heavy atom. The number of hydrogen-bond donors (Lipinski definition) is 2. The van der Waals surface area contributed by atoms with Crippen LogP contribution in [0, 0.1) is 0 Å². The molecule has 3 heterocycles.